The molecule has 2 aliphatic rings. The summed E-state index contributed by atoms with van der Waals surface area (Å²) >= 11 is 0. The molecular formula is C33H34N4O6Zn. The van der Waals surface area contributed by atoms with Crippen LogP contribution in [0.5, 0.6) is 0 Å². The molecular weight excluding hydrogens is 614 g/mol. The van der Waals surface area contributed by atoms with Crippen LogP contribution in [-0.2, 0) is 57.9 Å². The summed E-state index contributed by atoms with van der Waals surface area (Å²) < 4.78 is 0. The average Bonchev–Trinajstić information content (AvgIpc) is 3.59. The molecule has 0 fully saturated rings. The van der Waals surface area contributed by atoms with Crippen LogP contribution in [0.2, 0.25) is 0 Å². The maximum absolute atomic E-state index is 12.3. The fraction of sp³-hybridized carbons (Fsp3) is 0.273. The van der Waals surface area contributed by atoms with E-state index in [0.717, 1.165) is 39.2 Å². The summed E-state index contributed by atoms with van der Waals surface area (Å²) in [5.41, 5.74) is 9.76. The Labute approximate surface area is 268 Å². The van der Waals surface area contributed by atoms with E-state index in [2.05, 4.69) is 33.8 Å². The molecule has 10 nitrogen and oxygen atoms in total. The molecule has 0 bridgehead atoms. The Kier molecular flexibility index (Phi) is 10.7. The maximum atomic E-state index is 12.3. The maximum Gasteiger partial charge on any atom is 2.00 e. The van der Waals surface area contributed by atoms with E-state index < -0.39 is 11.9 Å². The topological polar surface area (TPSA) is 170 Å². The van der Waals surface area contributed by atoms with E-state index in [0.29, 0.717) is 45.9 Å². The Hall–Kier alpha value is -4.50. The number of carboxylic acid groups (broad SMARTS) is 2. The van der Waals surface area contributed by atoms with E-state index in [1.165, 1.54) is 6.08 Å². The van der Waals surface area contributed by atoms with Crippen LogP contribution in [0.1, 0.15) is 71.7 Å². The van der Waals surface area contributed by atoms with Crippen molar-refractivity contribution in [2.45, 2.75) is 59.8 Å². The largest absolute Gasteiger partial charge is 2.00 e. The van der Waals surface area contributed by atoms with Crippen LogP contribution in [0.15, 0.2) is 59.0 Å². The van der Waals surface area contributed by atoms with Gasteiger partial charge in [-0.25, -0.2) is 0 Å². The van der Waals surface area contributed by atoms with Gasteiger partial charge >= 0.3 is 19.5 Å². The van der Waals surface area contributed by atoms with E-state index >= 15 is 0 Å². The monoisotopic (exact) mass is 646 g/mol. The minimum absolute atomic E-state index is 0. The number of hydrogen-bond acceptors (Lipinski definition) is 6. The molecule has 2 aromatic heterocycles. The van der Waals surface area contributed by atoms with Gasteiger partial charge in [0.05, 0.1) is 5.70 Å². The summed E-state index contributed by atoms with van der Waals surface area (Å²) in [6.07, 6.45) is 7.09. The molecule has 4 N–H and O–H groups in total. The Balaban J connectivity index is 0.00000529. The summed E-state index contributed by atoms with van der Waals surface area (Å²) in [6.45, 7) is 14.8. The first-order chi connectivity index (χ1) is 20.4. The van der Waals surface area contributed by atoms with Crippen LogP contribution in [0.4, 0.5) is 0 Å². The minimum Gasteiger partial charge on any atom is -0.550 e. The summed E-state index contributed by atoms with van der Waals surface area (Å²) in [5.74, 6) is -2.82. The van der Waals surface area contributed by atoms with Gasteiger partial charge < -0.3 is 40.4 Å². The molecule has 0 saturated carbocycles. The molecule has 0 unspecified atom stereocenters. The van der Waals surface area contributed by atoms with Crippen LogP contribution < -0.4 is 20.8 Å². The molecule has 11 heteroatoms. The summed E-state index contributed by atoms with van der Waals surface area (Å²) in [5, 5.41) is 28.5. The zero-order valence-electron chi connectivity index (χ0n) is 25.4. The summed E-state index contributed by atoms with van der Waals surface area (Å²) in [7, 11) is 0. The number of H-pyrrole nitrogens is 2. The molecule has 44 heavy (non-hydrogen) atoms. The molecule has 2 aliphatic heterocycles. The van der Waals surface area contributed by atoms with E-state index in [4.69, 9.17) is 0 Å². The molecule has 0 spiro atoms. The third-order valence-corrected chi connectivity index (χ3v) is 8.09. The van der Waals surface area contributed by atoms with Crippen molar-refractivity contribution in [2.24, 2.45) is 0 Å². The van der Waals surface area contributed by atoms with Crippen LogP contribution in [-0.4, -0.2) is 33.7 Å². The number of carboxylic acids is 2. The Morgan fingerprint density at radius 2 is 1.16 bits per heavy atom. The first-order valence-corrected chi connectivity index (χ1v) is 13.9. The number of aromatic amines is 2. The van der Waals surface area contributed by atoms with Crippen LogP contribution in [0.25, 0.3) is 12.2 Å². The second-order valence-electron chi connectivity index (χ2n) is 10.7. The summed E-state index contributed by atoms with van der Waals surface area (Å²) in [6, 6.07) is 0. The van der Waals surface area contributed by atoms with Gasteiger partial charge in [-0.15, -0.1) is 0 Å². The smallest absolute Gasteiger partial charge is 0.550 e. The van der Waals surface area contributed by atoms with Gasteiger partial charge in [0.15, 0.2) is 0 Å². The number of carbonyl (C=O) groups is 4. The zero-order valence-corrected chi connectivity index (χ0v) is 28.4. The fourth-order valence-electron chi connectivity index (χ4n) is 5.60. The molecule has 4 heterocycles. The van der Waals surface area contributed by atoms with Crippen molar-refractivity contribution < 1.29 is 48.9 Å². The third-order valence-electron chi connectivity index (χ3n) is 8.09. The SMILES string of the molecule is C=CC1=C(C)/C(=C/c2[nH]c(Cc3[nH]c(/C=C4\NC(=O)C(C)=C4C=C)c(C)c3CCC(=O)[O-])c(CCC(=O)[O-])c2C)NC1=O.[Zn+2]. The molecule has 0 atom stereocenters. The van der Waals surface area contributed by atoms with Crippen molar-refractivity contribution in [3.8, 4) is 0 Å². The normalized spacial score (nSPS) is 16.5. The predicted octanol–water partition coefficient (Wildman–Crippen LogP) is 1.86. The van der Waals surface area contributed by atoms with E-state index in [9.17, 15) is 29.4 Å². The van der Waals surface area contributed by atoms with E-state index in [1.54, 1.807) is 19.1 Å². The number of aliphatic carboxylic acids is 2. The number of aromatic nitrogens is 2. The van der Waals surface area contributed by atoms with Crippen molar-refractivity contribution >= 4 is 35.9 Å². The van der Waals surface area contributed by atoms with Gasteiger partial charge in [0.2, 0.25) is 0 Å². The van der Waals surface area contributed by atoms with E-state index in [-0.39, 0.29) is 57.0 Å². The van der Waals surface area contributed by atoms with Crippen molar-refractivity contribution in [1.82, 2.24) is 20.6 Å². The van der Waals surface area contributed by atoms with Crippen molar-refractivity contribution in [2.75, 3.05) is 0 Å². The van der Waals surface area contributed by atoms with E-state index in [1.807, 2.05) is 26.8 Å². The molecule has 4 rings (SSSR count). The number of carbonyl (C=O) groups excluding carboxylic acids is 4. The van der Waals surface area contributed by atoms with Crippen LogP contribution in [0.3, 0.4) is 0 Å². The van der Waals surface area contributed by atoms with Crippen LogP contribution >= 0.6 is 0 Å². The van der Waals surface area contributed by atoms with Crippen LogP contribution in [0, 0.1) is 13.8 Å². The Morgan fingerprint density at radius 1 is 0.705 bits per heavy atom. The number of amides is 2. The molecule has 0 saturated heterocycles. The number of nitrogens with one attached hydrogen (secondary N) is 4. The first kappa shape index (κ1) is 34.0. The van der Waals surface area contributed by atoms with Crippen molar-refractivity contribution in [3.05, 3.63) is 104 Å². The second kappa shape index (κ2) is 13.9. The second-order valence-corrected chi connectivity index (χ2v) is 10.7. The quantitative estimate of drug-likeness (QED) is 0.256. The average molecular weight is 648 g/mol. The van der Waals surface area contributed by atoms with Crippen molar-refractivity contribution in [3.63, 3.8) is 0 Å². The number of rotatable bonds is 12. The van der Waals surface area contributed by atoms with Gasteiger partial charge in [0.25, 0.3) is 11.8 Å². The van der Waals surface area contributed by atoms with Crippen molar-refractivity contribution in [1.29, 1.82) is 0 Å². The van der Waals surface area contributed by atoms with Gasteiger partial charge in [-0.1, -0.05) is 25.3 Å². The molecule has 0 radical (unpaired) electrons. The minimum atomic E-state index is -1.18. The standard InChI is InChI=1S/C33H36N4O6.Zn/c1-7-20-19(6)32(42)37-27(20)14-25-18(5)23(10-12-31(40)41)29(35-25)15-28-22(9-11-30(38)39)17(4)24(34-28)13-26-16(3)21(8-2)33(43)36-26;/h7-8,13-14,34-35H,1-2,9-12,15H2,3-6H3,(H,36,43)(H,37,42)(H,38,39)(H,40,41);/q;+2/p-2/b26-13-,27-14-;. The molecule has 2 amide bonds. The Morgan fingerprint density at radius 3 is 1.59 bits per heavy atom. The fourth-order valence-corrected chi connectivity index (χ4v) is 5.60. The first-order valence-electron chi connectivity index (χ1n) is 13.9. The van der Waals surface area contributed by atoms with Gasteiger partial charge in [-0.05, 0) is 93.4 Å². The summed E-state index contributed by atoms with van der Waals surface area (Å²) in [4.78, 5) is 54.2. The molecule has 2 aromatic rings. The predicted molar refractivity (Wildman–Crippen MR) is 159 cm³/mol. The van der Waals surface area contributed by atoms with Gasteiger partial charge in [0.1, 0.15) is 0 Å². The third kappa shape index (κ3) is 6.84. The molecule has 0 aliphatic carbocycles. The Bertz CT molecular complexity index is 1710. The zero-order chi connectivity index (χ0) is 31.6. The van der Waals surface area contributed by atoms with Gasteiger partial charge in [0, 0.05) is 63.6 Å². The van der Waals surface area contributed by atoms with Gasteiger partial charge in [-0.3, -0.25) is 9.59 Å². The molecule has 224 valence electrons. The number of allylic oxidation sites excluding steroid dienone is 2. The molecule has 0 aromatic carbocycles. The number of hydrogen-bond donors (Lipinski definition) is 4. The van der Waals surface area contributed by atoms with Gasteiger partial charge in [-0.2, -0.15) is 0 Å².